The number of ether oxygens (including phenoxy) is 1. The first-order valence-corrected chi connectivity index (χ1v) is 8.29. The number of sulfonamides is 1. The molecule has 0 unspecified atom stereocenters. The summed E-state index contributed by atoms with van der Waals surface area (Å²) in [5, 5.41) is 4.23. The third-order valence-corrected chi connectivity index (χ3v) is 4.82. The van der Waals surface area contributed by atoms with Crippen molar-refractivity contribution in [3.63, 3.8) is 0 Å². The average Bonchev–Trinajstić information content (AvgIpc) is 3.03. The molecule has 1 aromatic carbocycles. The topological polar surface area (TPSA) is 73.2 Å². The fraction of sp³-hybridized carbons (Fsp3) is 0.357. The van der Waals surface area contributed by atoms with Crippen molar-refractivity contribution < 1.29 is 13.2 Å². The van der Waals surface area contributed by atoms with Crippen LogP contribution in [0.5, 0.6) is 5.75 Å². The Morgan fingerprint density at radius 2 is 2.24 bits per heavy atom. The molecule has 0 radical (unpaired) electrons. The molecule has 0 amide bonds. The van der Waals surface area contributed by atoms with E-state index in [1.807, 2.05) is 6.92 Å². The van der Waals surface area contributed by atoms with E-state index in [0.717, 1.165) is 23.4 Å². The fourth-order valence-electron chi connectivity index (χ4n) is 2.41. The summed E-state index contributed by atoms with van der Waals surface area (Å²) in [6.45, 7) is 2.54. The second-order valence-corrected chi connectivity index (χ2v) is 6.67. The van der Waals surface area contributed by atoms with Crippen molar-refractivity contribution in [2.45, 2.75) is 24.7 Å². The Labute approximate surface area is 123 Å². The first-order chi connectivity index (χ1) is 9.99. The van der Waals surface area contributed by atoms with Crippen LogP contribution in [-0.2, 0) is 29.9 Å². The van der Waals surface area contributed by atoms with Gasteiger partial charge >= 0.3 is 0 Å². The largest absolute Gasteiger partial charge is 0.493 e. The summed E-state index contributed by atoms with van der Waals surface area (Å²) in [5.74, 6) is 0.768. The summed E-state index contributed by atoms with van der Waals surface area (Å²) < 4.78 is 34.6. The lowest BCUT2D eigenvalue weighted by Crippen LogP contribution is -2.13. The van der Waals surface area contributed by atoms with Gasteiger partial charge in [-0.25, -0.2) is 8.42 Å². The standard InChI is InChI=1S/C14H17N3O3S/c1-3-12-13(9-17(2)15-12)16-21(18,19)11-4-5-14-10(8-11)6-7-20-14/h4-5,8-9,16H,3,6-7H2,1-2H3. The van der Waals surface area contributed by atoms with Crippen LogP contribution in [0.2, 0.25) is 0 Å². The molecule has 0 saturated heterocycles. The highest BCUT2D eigenvalue weighted by atomic mass is 32.2. The SMILES string of the molecule is CCc1nn(C)cc1NS(=O)(=O)c1ccc2c(c1)CCO2. The van der Waals surface area contributed by atoms with Crippen LogP contribution in [-0.4, -0.2) is 24.8 Å². The van der Waals surface area contributed by atoms with Crippen LogP contribution in [0.3, 0.4) is 0 Å². The fourth-order valence-corrected chi connectivity index (χ4v) is 3.54. The highest BCUT2D eigenvalue weighted by molar-refractivity contribution is 7.92. The van der Waals surface area contributed by atoms with Crippen molar-refractivity contribution in [3.05, 3.63) is 35.7 Å². The van der Waals surface area contributed by atoms with Gasteiger partial charge in [-0.15, -0.1) is 0 Å². The molecule has 1 aromatic heterocycles. The second kappa shape index (κ2) is 5.07. The lowest BCUT2D eigenvalue weighted by molar-refractivity contribution is 0.356. The maximum atomic E-state index is 12.5. The van der Waals surface area contributed by atoms with Gasteiger partial charge in [0.15, 0.2) is 0 Å². The third kappa shape index (κ3) is 2.61. The molecule has 3 rings (SSSR count). The molecule has 2 aromatic rings. The summed E-state index contributed by atoms with van der Waals surface area (Å²) in [5.41, 5.74) is 2.18. The van der Waals surface area contributed by atoms with Crippen LogP contribution < -0.4 is 9.46 Å². The van der Waals surface area contributed by atoms with Gasteiger partial charge in [-0.2, -0.15) is 5.10 Å². The van der Waals surface area contributed by atoms with Crippen molar-refractivity contribution in [3.8, 4) is 5.75 Å². The van der Waals surface area contributed by atoms with Gasteiger partial charge in [-0.05, 0) is 30.2 Å². The first-order valence-electron chi connectivity index (χ1n) is 6.80. The molecular weight excluding hydrogens is 290 g/mol. The Morgan fingerprint density at radius 3 is 3.00 bits per heavy atom. The van der Waals surface area contributed by atoms with Gasteiger partial charge in [0.25, 0.3) is 10.0 Å². The van der Waals surface area contributed by atoms with E-state index in [2.05, 4.69) is 9.82 Å². The molecule has 1 aliphatic rings. The minimum atomic E-state index is -3.61. The smallest absolute Gasteiger partial charge is 0.262 e. The normalized spacial score (nSPS) is 13.8. The van der Waals surface area contributed by atoms with E-state index in [-0.39, 0.29) is 4.90 Å². The monoisotopic (exact) mass is 307 g/mol. The van der Waals surface area contributed by atoms with E-state index in [9.17, 15) is 8.42 Å². The average molecular weight is 307 g/mol. The first kappa shape index (κ1) is 13.9. The minimum Gasteiger partial charge on any atom is -0.493 e. The molecular formula is C14H17N3O3S. The Bertz CT molecular complexity index is 781. The van der Waals surface area contributed by atoms with Crippen molar-refractivity contribution in [2.24, 2.45) is 7.05 Å². The molecule has 2 heterocycles. The molecule has 6 nitrogen and oxygen atoms in total. The number of aryl methyl sites for hydroxylation is 2. The summed E-state index contributed by atoms with van der Waals surface area (Å²) in [7, 11) is -1.85. The van der Waals surface area contributed by atoms with E-state index < -0.39 is 10.0 Å². The summed E-state index contributed by atoms with van der Waals surface area (Å²) in [6.07, 6.45) is 3.08. The number of fused-ring (bicyclic) bond motifs is 1. The van der Waals surface area contributed by atoms with Gasteiger partial charge in [-0.3, -0.25) is 9.40 Å². The Morgan fingerprint density at radius 1 is 1.43 bits per heavy atom. The zero-order valence-corrected chi connectivity index (χ0v) is 12.8. The highest BCUT2D eigenvalue weighted by Crippen LogP contribution is 2.28. The Balaban J connectivity index is 1.93. The Hall–Kier alpha value is -2.02. The van der Waals surface area contributed by atoms with Crippen molar-refractivity contribution >= 4 is 15.7 Å². The van der Waals surface area contributed by atoms with Crippen LogP contribution in [0.25, 0.3) is 0 Å². The maximum absolute atomic E-state index is 12.5. The van der Waals surface area contributed by atoms with Crippen molar-refractivity contribution in [1.82, 2.24) is 9.78 Å². The zero-order chi connectivity index (χ0) is 15.0. The number of rotatable bonds is 4. The summed E-state index contributed by atoms with van der Waals surface area (Å²) in [4.78, 5) is 0.248. The number of aromatic nitrogens is 2. The minimum absolute atomic E-state index is 0.248. The number of anilines is 1. The summed E-state index contributed by atoms with van der Waals surface area (Å²) >= 11 is 0. The van der Waals surface area contributed by atoms with Crippen LogP contribution in [0, 0.1) is 0 Å². The van der Waals surface area contributed by atoms with E-state index in [0.29, 0.717) is 18.7 Å². The highest BCUT2D eigenvalue weighted by Gasteiger charge is 2.21. The van der Waals surface area contributed by atoms with Crippen LogP contribution in [0.4, 0.5) is 5.69 Å². The molecule has 7 heteroatoms. The van der Waals surface area contributed by atoms with E-state index in [4.69, 9.17) is 4.74 Å². The quantitative estimate of drug-likeness (QED) is 0.933. The Kier molecular flexibility index (Phi) is 3.36. The molecule has 112 valence electrons. The van der Waals surface area contributed by atoms with Gasteiger partial charge in [-0.1, -0.05) is 6.92 Å². The van der Waals surface area contributed by atoms with Crippen molar-refractivity contribution in [1.29, 1.82) is 0 Å². The molecule has 0 saturated carbocycles. The molecule has 1 aliphatic heterocycles. The van der Waals surface area contributed by atoms with Gasteiger partial charge in [0.2, 0.25) is 0 Å². The maximum Gasteiger partial charge on any atom is 0.262 e. The number of nitrogens with one attached hydrogen (secondary N) is 1. The molecule has 0 aliphatic carbocycles. The van der Waals surface area contributed by atoms with Crippen molar-refractivity contribution in [2.75, 3.05) is 11.3 Å². The van der Waals surface area contributed by atoms with E-state index in [1.54, 1.807) is 36.1 Å². The lowest BCUT2D eigenvalue weighted by atomic mass is 10.2. The number of nitrogens with zero attached hydrogens (tertiary/aromatic N) is 2. The van der Waals surface area contributed by atoms with Crippen LogP contribution in [0.1, 0.15) is 18.2 Å². The molecule has 0 atom stereocenters. The van der Waals surface area contributed by atoms with Gasteiger partial charge in [0, 0.05) is 19.7 Å². The van der Waals surface area contributed by atoms with Gasteiger partial charge in [0.05, 0.1) is 22.9 Å². The third-order valence-electron chi connectivity index (χ3n) is 3.46. The molecule has 21 heavy (non-hydrogen) atoms. The zero-order valence-electron chi connectivity index (χ0n) is 12.0. The molecule has 0 spiro atoms. The number of benzene rings is 1. The predicted molar refractivity (Wildman–Crippen MR) is 79.0 cm³/mol. The summed E-state index contributed by atoms with van der Waals surface area (Å²) in [6, 6.07) is 4.95. The van der Waals surface area contributed by atoms with E-state index >= 15 is 0 Å². The van der Waals surface area contributed by atoms with E-state index in [1.165, 1.54) is 0 Å². The number of hydrogen-bond acceptors (Lipinski definition) is 4. The van der Waals surface area contributed by atoms with Crippen LogP contribution in [0.15, 0.2) is 29.3 Å². The van der Waals surface area contributed by atoms with Gasteiger partial charge in [0.1, 0.15) is 5.75 Å². The van der Waals surface area contributed by atoms with Gasteiger partial charge < -0.3 is 4.74 Å². The second-order valence-electron chi connectivity index (χ2n) is 4.99. The van der Waals surface area contributed by atoms with Crippen LogP contribution >= 0.6 is 0 Å². The lowest BCUT2D eigenvalue weighted by Gasteiger charge is -2.08. The predicted octanol–water partition coefficient (Wildman–Crippen LogP) is 1.72. The molecule has 1 N–H and O–H groups in total. The number of hydrogen-bond donors (Lipinski definition) is 1. The molecule has 0 bridgehead atoms. The molecule has 0 fully saturated rings.